The maximum absolute atomic E-state index is 11.6. The molecule has 0 saturated carbocycles. The fraction of sp³-hybridized carbons (Fsp3) is 0.500. The second-order valence-electron chi connectivity index (χ2n) is 3.66. The van der Waals surface area contributed by atoms with Gasteiger partial charge in [-0.15, -0.1) is 0 Å². The zero-order valence-corrected chi connectivity index (χ0v) is 9.51. The maximum atomic E-state index is 11.6. The standard InChI is InChI=1S/C10H15N3O3/c1-7(2)8(9(14)16-3)12-10(15)13-5-4-11-6-13/h4-8H,1-3H3,(H,12,15)/t8-/m1/s1. The summed E-state index contributed by atoms with van der Waals surface area (Å²) >= 11 is 0. The molecule has 1 amide bonds. The molecule has 0 fully saturated rings. The van der Waals surface area contributed by atoms with Gasteiger partial charge in [0.2, 0.25) is 0 Å². The van der Waals surface area contributed by atoms with Gasteiger partial charge in [0.25, 0.3) is 0 Å². The van der Waals surface area contributed by atoms with Crippen molar-refractivity contribution >= 4 is 12.0 Å². The zero-order valence-electron chi connectivity index (χ0n) is 9.51. The average Bonchev–Trinajstić information content (AvgIpc) is 2.77. The van der Waals surface area contributed by atoms with Crippen molar-refractivity contribution < 1.29 is 14.3 Å². The summed E-state index contributed by atoms with van der Waals surface area (Å²) in [5.74, 6) is -0.497. The molecule has 0 spiro atoms. The topological polar surface area (TPSA) is 73.2 Å². The number of methoxy groups -OCH3 is 1. The Bertz CT molecular complexity index is 359. The van der Waals surface area contributed by atoms with Gasteiger partial charge in [-0.3, -0.25) is 4.57 Å². The van der Waals surface area contributed by atoms with Gasteiger partial charge in [-0.1, -0.05) is 13.8 Å². The Morgan fingerprint density at radius 1 is 1.44 bits per heavy atom. The van der Waals surface area contributed by atoms with Crippen molar-refractivity contribution in [1.82, 2.24) is 14.9 Å². The molecule has 0 radical (unpaired) electrons. The molecule has 0 aromatic carbocycles. The molecule has 1 aromatic rings. The number of carbonyl (C=O) groups excluding carboxylic acids is 2. The van der Waals surface area contributed by atoms with E-state index in [-0.39, 0.29) is 5.92 Å². The predicted molar refractivity (Wildman–Crippen MR) is 56.8 cm³/mol. The Morgan fingerprint density at radius 2 is 2.12 bits per heavy atom. The van der Waals surface area contributed by atoms with Crippen molar-refractivity contribution in [3.63, 3.8) is 0 Å². The van der Waals surface area contributed by atoms with Crippen LogP contribution < -0.4 is 5.32 Å². The highest BCUT2D eigenvalue weighted by atomic mass is 16.5. The lowest BCUT2D eigenvalue weighted by Crippen LogP contribution is -2.46. The third-order valence-electron chi connectivity index (χ3n) is 2.14. The first-order valence-corrected chi connectivity index (χ1v) is 4.93. The first-order valence-electron chi connectivity index (χ1n) is 4.93. The van der Waals surface area contributed by atoms with Gasteiger partial charge in [0.15, 0.2) is 0 Å². The number of nitrogens with one attached hydrogen (secondary N) is 1. The van der Waals surface area contributed by atoms with Gasteiger partial charge in [-0.2, -0.15) is 0 Å². The van der Waals surface area contributed by atoms with Crippen molar-refractivity contribution in [2.24, 2.45) is 5.92 Å². The minimum atomic E-state index is -0.653. The van der Waals surface area contributed by atoms with E-state index in [2.05, 4.69) is 15.0 Å². The first-order chi connectivity index (χ1) is 7.56. The molecule has 0 aliphatic carbocycles. The van der Waals surface area contributed by atoms with Crippen LogP contribution in [0.5, 0.6) is 0 Å². The number of esters is 1. The van der Waals surface area contributed by atoms with E-state index in [1.807, 2.05) is 13.8 Å². The Kier molecular flexibility index (Phi) is 4.04. The lowest BCUT2D eigenvalue weighted by molar-refractivity contribution is -0.143. The highest BCUT2D eigenvalue weighted by Gasteiger charge is 2.25. The van der Waals surface area contributed by atoms with Crippen LogP contribution in [0.1, 0.15) is 13.8 Å². The predicted octanol–water partition coefficient (Wildman–Crippen LogP) is 0.638. The Hall–Kier alpha value is -1.85. The number of amides is 1. The van der Waals surface area contributed by atoms with Crippen LogP contribution in [0, 0.1) is 5.92 Å². The van der Waals surface area contributed by atoms with Crippen LogP contribution in [0.3, 0.4) is 0 Å². The molecule has 1 N–H and O–H groups in total. The number of ether oxygens (including phenoxy) is 1. The van der Waals surface area contributed by atoms with Crippen molar-refractivity contribution in [2.45, 2.75) is 19.9 Å². The highest BCUT2D eigenvalue weighted by Crippen LogP contribution is 2.04. The van der Waals surface area contributed by atoms with Crippen LogP contribution in [0.15, 0.2) is 18.7 Å². The molecule has 0 unspecified atom stereocenters. The lowest BCUT2D eigenvalue weighted by Gasteiger charge is -2.19. The van der Waals surface area contributed by atoms with Crippen LogP contribution in [-0.2, 0) is 9.53 Å². The van der Waals surface area contributed by atoms with E-state index in [0.717, 1.165) is 0 Å². The number of imidazole rings is 1. The quantitative estimate of drug-likeness (QED) is 0.766. The third kappa shape index (κ3) is 2.82. The molecule has 0 aliphatic heterocycles. The van der Waals surface area contributed by atoms with Gasteiger partial charge < -0.3 is 10.1 Å². The van der Waals surface area contributed by atoms with Crippen LogP contribution >= 0.6 is 0 Å². The summed E-state index contributed by atoms with van der Waals surface area (Å²) in [6, 6.07) is -1.05. The van der Waals surface area contributed by atoms with Gasteiger partial charge >= 0.3 is 12.0 Å². The monoisotopic (exact) mass is 225 g/mol. The summed E-state index contributed by atoms with van der Waals surface area (Å²) < 4.78 is 5.88. The number of nitrogens with zero attached hydrogens (tertiary/aromatic N) is 2. The Labute approximate surface area is 93.6 Å². The average molecular weight is 225 g/mol. The summed E-state index contributed by atoms with van der Waals surface area (Å²) in [6.45, 7) is 3.66. The lowest BCUT2D eigenvalue weighted by atomic mass is 10.1. The number of carbonyl (C=O) groups is 2. The summed E-state index contributed by atoms with van der Waals surface area (Å²) in [6.07, 6.45) is 4.36. The van der Waals surface area contributed by atoms with Crippen LogP contribution in [0.2, 0.25) is 0 Å². The SMILES string of the molecule is COC(=O)[C@H](NC(=O)n1ccnc1)C(C)C. The smallest absolute Gasteiger partial charge is 0.328 e. The van der Waals surface area contributed by atoms with E-state index in [1.54, 1.807) is 0 Å². The second kappa shape index (κ2) is 5.29. The summed E-state index contributed by atoms with van der Waals surface area (Å²) in [5.41, 5.74) is 0. The molecule has 1 aromatic heterocycles. The van der Waals surface area contributed by atoms with E-state index in [0.29, 0.717) is 0 Å². The highest BCUT2D eigenvalue weighted by molar-refractivity contribution is 5.84. The molecule has 6 heteroatoms. The van der Waals surface area contributed by atoms with E-state index in [1.165, 1.54) is 30.4 Å². The molecular weight excluding hydrogens is 210 g/mol. The van der Waals surface area contributed by atoms with Gasteiger partial charge in [-0.05, 0) is 5.92 Å². The van der Waals surface area contributed by atoms with Crippen LogP contribution in [0.25, 0.3) is 0 Å². The molecule has 6 nitrogen and oxygen atoms in total. The van der Waals surface area contributed by atoms with Gasteiger partial charge in [0.1, 0.15) is 12.4 Å². The van der Waals surface area contributed by atoms with Crippen molar-refractivity contribution in [1.29, 1.82) is 0 Å². The Morgan fingerprint density at radius 3 is 2.56 bits per heavy atom. The number of hydrogen-bond acceptors (Lipinski definition) is 4. The zero-order chi connectivity index (χ0) is 12.1. The van der Waals surface area contributed by atoms with E-state index >= 15 is 0 Å². The second-order valence-corrected chi connectivity index (χ2v) is 3.66. The first kappa shape index (κ1) is 12.2. The van der Waals surface area contributed by atoms with Crippen LogP contribution in [0.4, 0.5) is 4.79 Å². The fourth-order valence-electron chi connectivity index (χ4n) is 1.21. The molecule has 0 saturated heterocycles. The van der Waals surface area contributed by atoms with Crippen molar-refractivity contribution in [3.8, 4) is 0 Å². The molecular formula is C10H15N3O3. The number of aromatic nitrogens is 2. The van der Waals surface area contributed by atoms with Crippen molar-refractivity contribution in [2.75, 3.05) is 7.11 Å². The van der Waals surface area contributed by atoms with Crippen molar-refractivity contribution in [3.05, 3.63) is 18.7 Å². The van der Waals surface area contributed by atoms with Gasteiger partial charge in [0.05, 0.1) is 7.11 Å². The number of rotatable bonds is 3. The summed E-state index contributed by atoms with van der Waals surface area (Å²) in [5, 5.41) is 2.58. The van der Waals surface area contributed by atoms with E-state index < -0.39 is 18.0 Å². The molecule has 0 aliphatic rings. The summed E-state index contributed by atoms with van der Waals surface area (Å²) in [7, 11) is 1.29. The third-order valence-corrected chi connectivity index (χ3v) is 2.14. The molecule has 1 heterocycles. The molecule has 1 rings (SSSR count). The van der Waals surface area contributed by atoms with Gasteiger partial charge in [0, 0.05) is 12.4 Å². The minimum absolute atomic E-state index is 0.0417. The minimum Gasteiger partial charge on any atom is -0.467 e. The van der Waals surface area contributed by atoms with Crippen LogP contribution in [-0.4, -0.2) is 34.7 Å². The van der Waals surface area contributed by atoms with E-state index in [9.17, 15) is 9.59 Å². The van der Waals surface area contributed by atoms with Gasteiger partial charge in [-0.25, -0.2) is 14.6 Å². The Balaban J connectivity index is 2.69. The summed E-state index contributed by atoms with van der Waals surface area (Å²) in [4.78, 5) is 26.8. The maximum Gasteiger partial charge on any atom is 0.328 e. The molecule has 1 atom stereocenters. The molecule has 16 heavy (non-hydrogen) atoms. The number of hydrogen-bond donors (Lipinski definition) is 1. The molecule has 88 valence electrons. The largest absolute Gasteiger partial charge is 0.467 e. The molecule has 0 bridgehead atoms. The normalized spacial score (nSPS) is 12.2. The fourth-order valence-corrected chi connectivity index (χ4v) is 1.21. The van der Waals surface area contributed by atoms with E-state index in [4.69, 9.17) is 0 Å².